The molecule has 0 saturated carbocycles. The van der Waals surface area contributed by atoms with Crippen LogP contribution in [0.4, 0.5) is 5.82 Å². The molecule has 0 saturated heterocycles. The molecule has 0 aliphatic rings. The van der Waals surface area contributed by atoms with Crippen LogP contribution < -0.4 is 5.32 Å². The zero-order valence-corrected chi connectivity index (χ0v) is 13.7. The van der Waals surface area contributed by atoms with Crippen molar-refractivity contribution in [3.8, 4) is 0 Å². The predicted molar refractivity (Wildman–Crippen MR) is 81.6 cm³/mol. The van der Waals surface area contributed by atoms with Gasteiger partial charge in [0.05, 0.1) is 6.20 Å². The van der Waals surface area contributed by atoms with Crippen LogP contribution in [-0.2, 0) is 0 Å². The summed E-state index contributed by atoms with van der Waals surface area (Å²) in [6.45, 7) is 1.87. The van der Waals surface area contributed by atoms with Crippen molar-refractivity contribution in [3.63, 3.8) is 0 Å². The number of rotatable bonds is 2. The van der Waals surface area contributed by atoms with Gasteiger partial charge in [0.25, 0.3) is 5.91 Å². The molecule has 2 aromatic rings. The quantitative estimate of drug-likeness (QED) is 0.814. The minimum atomic E-state index is -0.289. The second-order valence-corrected chi connectivity index (χ2v) is 5.80. The number of halogens is 3. The van der Waals surface area contributed by atoms with E-state index in [0.717, 1.165) is 5.56 Å². The lowest BCUT2D eigenvalue weighted by atomic mass is 10.1. The summed E-state index contributed by atoms with van der Waals surface area (Å²) in [6, 6.07) is 5.14. The third-order valence-corrected chi connectivity index (χ3v) is 3.39. The summed E-state index contributed by atoms with van der Waals surface area (Å²) < 4.78 is 1.03. The Morgan fingerprint density at radius 2 is 2.05 bits per heavy atom. The average Bonchev–Trinajstić information content (AvgIpc) is 2.31. The van der Waals surface area contributed by atoms with Crippen LogP contribution in [-0.4, -0.2) is 15.9 Å². The maximum Gasteiger partial charge on any atom is 0.256 e. The fraction of sp³-hybridized carbons (Fsp3) is 0.0833. The van der Waals surface area contributed by atoms with Gasteiger partial charge in [0, 0.05) is 10.6 Å². The molecule has 1 aromatic heterocycles. The number of amides is 1. The van der Waals surface area contributed by atoms with E-state index in [-0.39, 0.29) is 5.91 Å². The van der Waals surface area contributed by atoms with Crippen LogP contribution in [0.25, 0.3) is 0 Å². The van der Waals surface area contributed by atoms with E-state index in [9.17, 15) is 4.79 Å². The van der Waals surface area contributed by atoms with E-state index in [0.29, 0.717) is 25.6 Å². The van der Waals surface area contributed by atoms with Gasteiger partial charge in [-0.05, 0) is 62.5 Å². The largest absolute Gasteiger partial charge is 0.304 e. The molecule has 0 fully saturated rings. The van der Waals surface area contributed by atoms with E-state index in [4.69, 9.17) is 11.6 Å². The molecular formula is C12H8Br2ClN3O. The Labute approximate surface area is 131 Å². The van der Waals surface area contributed by atoms with Crippen LogP contribution in [0, 0.1) is 6.92 Å². The molecule has 98 valence electrons. The van der Waals surface area contributed by atoms with Crippen LogP contribution in [0.3, 0.4) is 0 Å². The SMILES string of the molecule is Cc1cc(Cl)cc(C(=O)Nc2ncc(Br)nc2Br)c1. The number of aromatic nitrogens is 2. The summed E-state index contributed by atoms with van der Waals surface area (Å²) in [5.74, 6) is 0.0637. The van der Waals surface area contributed by atoms with Gasteiger partial charge >= 0.3 is 0 Å². The summed E-state index contributed by atoms with van der Waals surface area (Å²) in [7, 11) is 0. The first-order valence-electron chi connectivity index (χ1n) is 5.22. The number of carbonyl (C=O) groups is 1. The van der Waals surface area contributed by atoms with E-state index in [1.807, 2.05) is 6.92 Å². The molecule has 0 radical (unpaired) electrons. The fourth-order valence-electron chi connectivity index (χ4n) is 1.48. The molecule has 19 heavy (non-hydrogen) atoms. The summed E-state index contributed by atoms with van der Waals surface area (Å²) in [6.07, 6.45) is 1.50. The van der Waals surface area contributed by atoms with Gasteiger partial charge in [0.2, 0.25) is 0 Å². The maximum atomic E-state index is 12.1. The topological polar surface area (TPSA) is 54.9 Å². The zero-order chi connectivity index (χ0) is 14.0. The van der Waals surface area contributed by atoms with Gasteiger partial charge < -0.3 is 5.32 Å². The Morgan fingerprint density at radius 3 is 2.68 bits per heavy atom. The number of aryl methyl sites for hydroxylation is 1. The van der Waals surface area contributed by atoms with Crippen molar-refractivity contribution in [2.24, 2.45) is 0 Å². The molecule has 7 heteroatoms. The first kappa shape index (κ1) is 14.4. The molecular weight excluding hydrogens is 397 g/mol. The summed E-state index contributed by atoms with van der Waals surface area (Å²) in [5, 5.41) is 3.19. The fourth-order valence-corrected chi connectivity index (χ4v) is 2.68. The second kappa shape index (κ2) is 5.98. The van der Waals surface area contributed by atoms with Crippen LogP contribution >= 0.6 is 43.5 Å². The first-order chi connectivity index (χ1) is 8.95. The van der Waals surface area contributed by atoms with Crippen molar-refractivity contribution >= 4 is 55.2 Å². The van der Waals surface area contributed by atoms with Crippen LogP contribution in [0.15, 0.2) is 33.6 Å². The molecule has 0 aliphatic carbocycles. The highest BCUT2D eigenvalue weighted by Crippen LogP contribution is 2.21. The number of carbonyl (C=O) groups excluding carboxylic acids is 1. The Balaban J connectivity index is 2.25. The molecule has 1 N–H and O–H groups in total. The first-order valence-corrected chi connectivity index (χ1v) is 7.18. The molecule has 0 bridgehead atoms. The number of hydrogen-bond donors (Lipinski definition) is 1. The summed E-state index contributed by atoms with van der Waals surface area (Å²) in [5.41, 5.74) is 1.39. The normalized spacial score (nSPS) is 10.3. The van der Waals surface area contributed by atoms with E-state index in [2.05, 4.69) is 47.1 Å². The van der Waals surface area contributed by atoms with Crippen molar-refractivity contribution < 1.29 is 4.79 Å². The third kappa shape index (κ3) is 3.75. The summed E-state index contributed by atoms with van der Waals surface area (Å²) in [4.78, 5) is 20.2. The van der Waals surface area contributed by atoms with Gasteiger partial charge in [-0.25, -0.2) is 9.97 Å². The molecule has 0 unspecified atom stereocenters. The summed E-state index contributed by atoms with van der Waals surface area (Å²) >= 11 is 12.4. The van der Waals surface area contributed by atoms with E-state index in [1.165, 1.54) is 6.20 Å². The lowest BCUT2D eigenvalue weighted by Gasteiger charge is -2.07. The smallest absolute Gasteiger partial charge is 0.256 e. The van der Waals surface area contributed by atoms with Gasteiger partial charge in [-0.2, -0.15) is 0 Å². The van der Waals surface area contributed by atoms with Crippen molar-refractivity contribution in [2.45, 2.75) is 6.92 Å². The number of nitrogens with zero attached hydrogens (tertiary/aromatic N) is 2. The lowest BCUT2D eigenvalue weighted by Crippen LogP contribution is -2.14. The molecule has 0 spiro atoms. The van der Waals surface area contributed by atoms with Crippen LogP contribution in [0.1, 0.15) is 15.9 Å². The predicted octanol–water partition coefficient (Wildman–Crippen LogP) is 4.22. The van der Waals surface area contributed by atoms with Crippen LogP contribution in [0.2, 0.25) is 5.02 Å². The Bertz CT molecular complexity index is 629. The highest BCUT2D eigenvalue weighted by atomic mass is 79.9. The van der Waals surface area contributed by atoms with Gasteiger partial charge in [-0.1, -0.05) is 11.6 Å². The Kier molecular flexibility index (Phi) is 4.54. The van der Waals surface area contributed by atoms with E-state index in [1.54, 1.807) is 18.2 Å². The molecule has 1 amide bonds. The van der Waals surface area contributed by atoms with E-state index < -0.39 is 0 Å². The third-order valence-electron chi connectivity index (χ3n) is 2.24. The van der Waals surface area contributed by atoms with Gasteiger partial charge in [0.15, 0.2) is 5.82 Å². The molecule has 4 nitrogen and oxygen atoms in total. The minimum absolute atomic E-state index is 0.289. The van der Waals surface area contributed by atoms with Crippen molar-refractivity contribution in [1.82, 2.24) is 9.97 Å². The Morgan fingerprint density at radius 1 is 1.32 bits per heavy atom. The van der Waals surface area contributed by atoms with Crippen molar-refractivity contribution in [1.29, 1.82) is 0 Å². The number of anilines is 1. The molecule has 0 aliphatic heterocycles. The van der Waals surface area contributed by atoms with Gasteiger partial charge in [-0.15, -0.1) is 0 Å². The highest BCUT2D eigenvalue weighted by Gasteiger charge is 2.11. The number of benzene rings is 1. The number of hydrogen-bond acceptors (Lipinski definition) is 3. The molecule has 2 rings (SSSR count). The monoisotopic (exact) mass is 403 g/mol. The van der Waals surface area contributed by atoms with Crippen molar-refractivity contribution in [2.75, 3.05) is 5.32 Å². The van der Waals surface area contributed by atoms with Gasteiger partial charge in [0.1, 0.15) is 9.21 Å². The highest BCUT2D eigenvalue weighted by molar-refractivity contribution is 9.11. The molecule has 1 heterocycles. The average molecular weight is 405 g/mol. The van der Waals surface area contributed by atoms with Crippen molar-refractivity contribution in [3.05, 3.63) is 49.8 Å². The van der Waals surface area contributed by atoms with Gasteiger partial charge in [-0.3, -0.25) is 4.79 Å². The van der Waals surface area contributed by atoms with E-state index >= 15 is 0 Å². The van der Waals surface area contributed by atoms with Crippen LogP contribution in [0.5, 0.6) is 0 Å². The molecule has 0 atom stereocenters. The lowest BCUT2D eigenvalue weighted by molar-refractivity contribution is 0.102. The molecule has 1 aromatic carbocycles. The number of nitrogens with one attached hydrogen (secondary N) is 1. The minimum Gasteiger partial charge on any atom is -0.304 e. The second-order valence-electron chi connectivity index (χ2n) is 3.80. The zero-order valence-electron chi connectivity index (χ0n) is 9.75. The maximum absolute atomic E-state index is 12.1. The standard InChI is InChI=1S/C12H8Br2ClN3O/c1-6-2-7(4-8(15)3-6)12(19)18-11-10(14)17-9(13)5-16-11/h2-5H,1H3,(H,16,18,19). The Hall–Kier alpha value is -0.980.